The Morgan fingerprint density at radius 1 is 1.25 bits per heavy atom. The van der Waals surface area contributed by atoms with Crippen molar-refractivity contribution in [3.8, 4) is 5.75 Å². The van der Waals surface area contributed by atoms with E-state index < -0.39 is 23.4 Å². The van der Waals surface area contributed by atoms with Crippen molar-refractivity contribution < 1.29 is 23.1 Å². The zero-order chi connectivity index (χ0) is 15.6. The lowest BCUT2D eigenvalue weighted by atomic mass is 10.1. The standard InChI is InChI=1S/C13H17F3N2O2/c1-12(2,3)17-7-11(20)18-9-6-8(13(14,15)16)4-5-10(9)19/h4-6,17,19H,7H2,1-3H3,(H,18,20). The fraction of sp³-hybridized carbons (Fsp3) is 0.462. The Morgan fingerprint density at radius 3 is 2.35 bits per heavy atom. The lowest BCUT2D eigenvalue weighted by Crippen LogP contribution is -2.41. The van der Waals surface area contributed by atoms with Gasteiger partial charge < -0.3 is 15.7 Å². The summed E-state index contributed by atoms with van der Waals surface area (Å²) >= 11 is 0. The molecule has 0 fully saturated rings. The molecule has 0 spiro atoms. The van der Waals surface area contributed by atoms with Crippen LogP contribution in [0.15, 0.2) is 18.2 Å². The molecule has 1 aromatic rings. The number of carbonyl (C=O) groups excluding carboxylic acids is 1. The summed E-state index contributed by atoms with van der Waals surface area (Å²) in [5.41, 5.74) is -1.50. The van der Waals surface area contributed by atoms with E-state index in [0.717, 1.165) is 12.1 Å². The predicted octanol–water partition coefficient (Wildman–Crippen LogP) is 2.74. The van der Waals surface area contributed by atoms with Gasteiger partial charge in [-0.25, -0.2) is 0 Å². The van der Waals surface area contributed by atoms with Crippen LogP contribution in [0.2, 0.25) is 0 Å². The predicted molar refractivity (Wildman–Crippen MR) is 69.5 cm³/mol. The summed E-state index contributed by atoms with van der Waals surface area (Å²) in [6.45, 7) is 5.48. The minimum absolute atomic E-state index is 0.0703. The first-order valence-electron chi connectivity index (χ1n) is 5.94. The van der Waals surface area contributed by atoms with Crippen LogP contribution in [-0.2, 0) is 11.0 Å². The largest absolute Gasteiger partial charge is 0.506 e. The van der Waals surface area contributed by atoms with Crippen molar-refractivity contribution in [1.29, 1.82) is 0 Å². The Hall–Kier alpha value is -1.76. The van der Waals surface area contributed by atoms with Crippen LogP contribution in [0, 0.1) is 0 Å². The van der Waals surface area contributed by atoms with Crippen LogP contribution >= 0.6 is 0 Å². The summed E-state index contributed by atoms with van der Waals surface area (Å²) in [5.74, 6) is -0.948. The van der Waals surface area contributed by atoms with Crippen LogP contribution in [0.3, 0.4) is 0 Å². The molecule has 0 saturated heterocycles. The molecule has 0 bridgehead atoms. The van der Waals surface area contributed by atoms with Gasteiger partial charge in [0.1, 0.15) is 5.75 Å². The Balaban J connectivity index is 2.79. The summed E-state index contributed by atoms with van der Waals surface area (Å²) in [4.78, 5) is 11.6. The number of phenolic OH excluding ortho intramolecular Hbond substituents is 1. The van der Waals surface area contributed by atoms with Gasteiger partial charge in [-0.15, -0.1) is 0 Å². The van der Waals surface area contributed by atoms with Crippen LogP contribution < -0.4 is 10.6 Å². The quantitative estimate of drug-likeness (QED) is 0.750. The van der Waals surface area contributed by atoms with Crippen LogP contribution in [0.1, 0.15) is 26.3 Å². The van der Waals surface area contributed by atoms with Gasteiger partial charge in [0, 0.05) is 5.54 Å². The first-order chi connectivity index (χ1) is 8.99. The average Bonchev–Trinajstić information content (AvgIpc) is 2.27. The third-order valence-electron chi connectivity index (χ3n) is 2.38. The second-order valence-corrected chi connectivity index (χ2v) is 5.38. The number of alkyl halides is 3. The Bertz CT molecular complexity index is 493. The molecular weight excluding hydrogens is 273 g/mol. The Morgan fingerprint density at radius 2 is 1.85 bits per heavy atom. The van der Waals surface area contributed by atoms with Crippen molar-refractivity contribution in [2.24, 2.45) is 0 Å². The van der Waals surface area contributed by atoms with Crippen molar-refractivity contribution >= 4 is 11.6 Å². The Labute approximate surface area is 115 Å². The second-order valence-electron chi connectivity index (χ2n) is 5.38. The van der Waals surface area contributed by atoms with Crippen molar-refractivity contribution in [3.05, 3.63) is 23.8 Å². The highest BCUT2D eigenvalue weighted by atomic mass is 19.4. The first kappa shape index (κ1) is 16.3. The monoisotopic (exact) mass is 290 g/mol. The van der Waals surface area contributed by atoms with Crippen molar-refractivity contribution in [2.45, 2.75) is 32.5 Å². The molecule has 1 amide bonds. The van der Waals surface area contributed by atoms with E-state index in [9.17, 15) is 23.1 Å². The normalized spacial score (nSPS) is 12.3. The highest BCUT2D eigenvalue weighted by Gasteiger charge is 2.31. The fourth-order valence-corrected chi connectivity index (χ4v) is 1.35. The first-order valence-corrected chi connectivity index (χ1v) is 5.94. The van der Waals surface area contributed by atoms with E-state index in [0.29, 0.717) is 6.07 Å². The molecule has 0 aliphatic rings. The lowest BCUT2D eigenvalue weighted by molar-refractivity contribution is -0.137. The van der Waals surface area contributed by atoms with Gasteiger partial charge in [0.15, 0.2) is 0 Å². The molecular formula is C13H17F3N2O2. The number of rotatable bonds is 3. The summed E-state index contributed by atoms with van der Waals surface area (Å²) < 4.78 is 37.6. The maximum absolute atomic E-state index is 12.5. The molecule has 7 heteroatoms. The second kappa shape index (κ2) is 5.70. The van der Waals surface area contributed by atoms with Crippen LogP contribution in [-0.4, -0.2) is 23.1 Å². The number of benzene rings is 1. The average molecular weight is 290 g/mol. The van der Waals surface area contributed by atoms with Gasteiger partial charge in [0.2, 0.25) is 5.91 Å². The number of aromatic hydroxyl groups is 1. The van der Waals surface area contributed by atoms with E-state index in [4.69, 9.17) is 0 Å². The third-order valence-corrected chi connectivity index (χ3v) is 2.38. The molecule has 0 radical (unpaired) electrons. The maximum Gasteiger partial charge on any atom is 0.416 e. The molecule has 20 heavy (non-hydrogen) atoms. The van der Waals surface area contributed by atoms with Crippen molar-refractivity contribution in [3.63, 3.8) is 0 Å². The minimum atomic E-state index is -4.53. The fourth-order valence-electron chi connectivity index (χ4n) is 1.35. The number of phenols is 1. The molecule has 0 aromatic heterocycles. The molecule has 0 heterocycles. The van der Waals surface area contributed by atoms with E-state index in [1.54, 1.807) is 0 Å². The van der Waals surface area contributed by atoms with E-state index in [1.165, 1.54) is 0 Å². The number of nitrogens with one attached hydrogen (secondary N) is 2. The number of amides is 1. The van der Waals surface area contributed by atoms with Crippen molar-refractivity contribution in [1.82, 2.24) is 5.32 Å². The summed E-state index contributed by atoms with van der Waals surface area (Å²) in [7, 11) is 0. The van der Waals surface area contributed by atoms with E-state index in [2.05, 4.69) is 10.6 Å². The summed E-state index contributed by atoms with van der Waals surface area (Å²) in [6.07, 6.45) is -4.53. The maximum atomic E-state index is 12.5. The molecule has 1 aromatic carbocycles. The van der Waals surface area contributed by atoms with E-state index in [1.807, 2.05) is 20.8 Å². The number of anilines is 1. The molecule has 0 aliphatic heterocycles. The van der Waals surface area contributed by atoms with Crippen LogP contribution in [0.5, 0.6) is 5.75 Å². The zero-order valence-electron chi connectivity index (χ0n) is 11.4. The number of hydrogen-bond donors (Lipinski definition) is 3. The summed E-state index contributed by atoms with van der Waals surface area (Å²) in [5, 5.41) is 14.6. The minimum Gasteiger partial charge on any atom is -0.506 e. The molecule has 0 saturated carbocycles. The molecule has 0 aliphatic carbocycles. The van der Waals surface area contributed by atoms with E-state index in [-0.39, 0.29) is 17.8 Å². The zero-order valence-corrected chi connectivity index (χ0v) is 11.4. The molecule has 112 valence electrons. The van der Waals surface area contributed by atoms with Gasteiger partial charge in [-0.05, 0) is 39.0 Å². The topological polar surface area (TPSA) is 61.4 Å². The highest BCUT2D eigenvalue weighted by Crippen LogP contribution is 2.34. The van der Waals surface area contributed by atoms with Crippen LogP contribution in [0.25, 0.3) is 0 Å². The van der Waals surface area contributed by atoms with Crippen molar-refractivity contribution in [2.75, 3.05) is 11.9 Å². The van der Waals surface area contributed by atoms with Gasteiger partial charge in [-0.1, -0.05) is 0 Å². The third kappa shape index (κ3) is 5.08. The van der Waals surface area contributed by atoms with E-state index >= 15 is 0 Å². The highest BCUT2D eigenvalue weighted by molar-refractivity contribution is 5.93. The molecule has 3 N–H and O–H groups in total. The van der Waals surface area contributed by atoms with Gasteiger partial charge >= 0.3 is 6.18 Å². The molecule has 1 rings (SSSR count). The van der Waals surface area contributed by atoms with Gasteiger partial charge in [-0.2, -0.15) is 13.2 Å². The van der Waals surface area contributed by atoms with Gasteiger partial charge in [-0.3, -0.25) is 4.79 Å². The molecule has 4 nitrogen and oxygen atoms in total. The molecule has 0 unspecified atom stereocenters. The van der Waals surface area contributed by atoms with Gasteiger partial charge in [0.25, 0.3) is 0 Å². The Kier molecular flexibility index (Phi) is 4.65. The summed E-state index contributed by atoms with van der Waals surface area (Å²) in [6, 6.07) is 2.35. The molecule has 0 atom stereocenters. The smallest absolute Gasteiger partial charge is 0.416 e. The number of carbonyl (C=O) groups is 1. The number of halogens is 3. The SMILES string of the molecule is CC(C)(C)NCC(=O)Nc1cc(C(F)(F)F)ccc1O. The lowest BCUT2D eigenvalue weighted by Gasteiger charge is -2.20. The van der Waals surface area contributed by atoms with Crippen LogP contribution in [0.4, 0.5) is 18.9 Å². The number of hydrogen-bond acceptors (Lipinski definition) is 3. The van der Waals surface area contributed by atoms with Gasteiger partial charge in [0.05, 0.1) is 17.8 Å².